The second kappa shape index (κ2) is 6.54. The van der Waals surface area contributed by atoms with Crippen LogP contribution < -0.4 is 10.1 Å². The summed E-state index contributed by atoms with van der Waals surface area (Å²) in [6, 6.07) is 4.70. The average Bonchev–Trinajstić information content (AvgIpc) is 2.45. The van der Waals surface area contributed by atoms with Crippen molar-refractivity contribution in [2.75, 3.05) is 5.32 Å². The lowest BCUT2D eigenvalue weighted by Crippen LogP contribution is -2.12. The summed E-state index contributed by atoms with van der Waals surface area (Å²) in [6.07, 6.45) is -2.24. The highest BCUT2D eigenvalue weighted by Gasteiger charge is 2.33. The molecule has 0 radical (unpaired) electrons. The van der Waals surface area contributed by atoms with Crippen molar-refractivity contribution in [2.24, 2.45) is 0 Å². The average molecular weight is 319 g/mol. The summed E-state index contributed by atoms with van der Waals surface area (Å²) >= 11 is 0. The summed E-state index contributed by atoms with van der Waals surface area (Å²) in [4.78, 5) is 7.44. The van der Waals surface area contributed by atoms with Crippen LogP contribution in [-0.4, -0.2) is 16.6 Å². The second-order valence-electron chi connectivity index (χ2n) is 4.11. The molecule has 118 valence electrons. The lowest BCUT2D eigenvalue weighted by Gasteiger charge is -2.13. The van der Waals surface area contributed by atoms with Crippen LogP contribution in [0.1, 0.15) is 11.3 Å². The highest BCUT2D eigenvalue weighted by molar-refractivity contribution is 5.45. The van der Waals surface area contributed by atoms with Crippen LogP contribution in [0.3, 0.4) is 0 Å². The Morgan fingerprint density at radius 1 is 1.14 bits per heavy atom. The number of ether oxygens (including phenoxy) is 1. The smallest absolute Gasteiger partial charge is 0.419 e. The molecule has 22 heavy (non-hydrogen) atoms. The number of anilines is 1. The van der Waals surface area contributed by atoms with Crippen molar-refractivity contribution >= 4 is 5.82 Å². The van der Waals surface area contributed by atoms with E-state index < -0.39 is 18.4 Å². The number of pyridine rings is 2. The Morgan fingerprint density at radius 3 is 2.50 bits per heavy atom. The Labute approximate surface area is 122 Å². The van der Waals surface area contributed by atoms with Gasteiger partial charge in [-0.25, -0.2) is 4.98 Å². The van der Waals surface area contributed by atoms with Gasteiger partial charge in [0.2, 0.25) is 0 Å². The zero-order valence-electron chi connectivity index (χ0n) is 10.9. The van der Waals surface area contributed by atoms with Gasteiger partial charge in [-0.2, -0.15) is 22.0 Å². The molecule has 0 aliphatic rings. The van der Waals surface area contributed by atoms with Crippen molar-refractivity contribution < 1.29 is 26.7 Å². The molecule has 0 aliphatic carbocycles. The van der Waals surface area contributed by atoms with Crippen molar-refractivity contribution in [3.63, 3.8) is 0 Å². The number of nitrogens with zero attached hydrogens (tertiary/aromatic N) is 2. The molecule has 2 aromatic rings. The molecule has 0 amide bonds. The first-order chi connectivity index (χ1) is 10.4. The summed E-state index contributed by atoms with van der Waals surface area (Å²) in [5.41, 5.74) is -0.548. The zero-order valence-corrected chi connectivity index (χ0v) is 10.9. The van der Waals surface area contributed by atoms with E-state index in [9.17, 15) is 22.0 Å². The molecule has 2 heterocycles. The summed E-state index contributed by atoms with van der Waals surface area (Å²) in [7, 11) is 0. The summed E-state index contributed by atoms with van der Waals surface area (Å²) in [5, 5.41) is 2.51. The monoisotopic (exact) mass is 319 g/mol. The van der Waals surface area contributed by atoms with Crippen molar-refractivity contribution in [1.29, 1.82) is 0 Å². The van der Waals surface area contributed by atoms with Gasteiger partial charge in [-0.05, 0) is 24.3 Å². The molecule has 2 aromatic heterocycles. The second-order valence-corrected chi connectivity index (χ2v) is 4.11. The van der Waals surface area contributed by atoms with Crippen LogP contribution in [0, 0.1) is 0 Å². The molecule has 1 N–H and O–H groups in total. The van der Waals surface area contributed by atoms with Crippen LogP contribution in [0.5, 0.6) is 5.75 Å². The number of alkyl halides is 5. The van der Waals surface area contributed by atoms with Gasteiger partial charge in [0.1, 0.15) is 11.6 Å². The maximum atomic E-state index is 12.8. The lowest BCUT2D eigenvalue weighted by atomic mass is 10.2. The maximum Gasteiger partial charge on any atom is 0.419 e. The molecule has 0 spiro atoms. The molecule has 0 unspecified atom stereocenters. The molecule has 0 saturated carbocycles. The van der Waals surface area contributed by atoms with Gasteiger partial charge in [0.25, 0.3) is 0 Å². The molecule has 2 rings (SSSR count). The normalized spacial score (nSPS) is 11.5. The first kappa shape index (κ1) is 15.9. The summed E-state index contributed by atoms with van der Waals surface area (Å²) in [6.45, 7) is -3.01. The standard InChI is InChI=1S/C13H10F5N3O/c14-12(15)22-9-4-3-8(20-7-9)6-21-11-10(13(16,17)18)2-1-5-19-11/h1-5,7,12H,6H2,(H,19,21). The van der Waals surface area contributed by atoms with Crippen LogP contribution in [-0.2, 0) is 12.7 Å². The zero-order chi connectivity index (χ0) is 16.2. The Balaban J connectivity index is 2.05. The predicted molar refractivity (Wildman–Crippen MR) is 67.4 cm³/mol. The summed E-state index contributed by atoms with van der Waals surface area (Å²) in [5.74, 6) is -0.461. The van der Waals surface area contributed by atoms with Crippen molar-refractivity contribution in [2.45, 2.75) is 19.3 Å². The number of aromatic nitrogens is 2. The first-order valence-electron chi connectivity index (χ1n) is 6.02. The first-order valence-corrected chi connectivity index (χ1v) is 6.02. The molecule has 0 aromatic carbocycles. The third kappa shape index (κ3) is 4.27. The molecular formula is C13H10F5N3O. The fourth-order valence-electron chi connectivity index (χ4n) is 1.64. The Morgan fingerprint density at radius 2 is 1.91 bits per heavy atom. The quantitative estimate of drug-likeness (QED) is 0.854. The van der Waals surface area contributed by atoms with E-state index in [4.69, 9.17) is 0 Å². The van der Waals surface area contributed by atoms with Crippen molar-refractivity contribution in [3.8, 4) is 5.75 Å². The van der Waals surface area contributed by atoms with E-state index in [-0.39, 0.29) is 18.1 Å². The molecule has 9 heteroatoms. The molecule has 0 aliphatic heterocycles. The Bertz CT molecular complexity index is 616. The van der Waals surface area contributed by atoms with Crippen LogP contribution in [0.4, 0.5) is 27.8 Å². The van der Waals surface area contributed by atoms with Gasteiger partial charge < -0.3 is 10.1 Å². The fourth-order valence-corrected chi connectivity index (χ4v) is 1.64. The molecule has 4 nitrogen and oxygen atoms in total. The van der Waals surface area contributed by atoms with E-state index in [0.717, 1.165) is 12.3 Å². The number of hydrogen-bond acceptors (Lipinski definition) is 4. The predicted octanol–water partition coefficient (Wildman–Crippen LogP) is 3.71. The van der Waals surface area contributed by atoms with Gasteiger partial charge in [-0.1, -0.05) is 0 Å². The van der Waals surface area contributed by atoms with E-state index in [0.29, 0.717) is 5.69 Å². The molecule has 0 fully saturated rings. The van der Waals surface area contributed by atoms with Crippen molar-refractivity contribution in [3.05, 3.63) is 47.9 Å². The van der Waals surface area contributed by atoms with Gasteiger partial charge in [-0.3, -0.25) is 4.98 Å². The number of hydrogen-bond donors (Lipinski definition) is 1. The fraction of sp³-hybridized carbons (Fsp3) is 0.231. The van der Waals surface area contributed by atoms with Gasteiger partial charge >= 0.3 is 12.8 Å². The third-order valence-corrected chi connectivity index (χ3v) is 2.57. The molecule has 0 saturated heterocycles. The van der Waals surface area contributed by atoms with E-state index >= 15 is 0 Å². The largest absolute Gasteiger partial charge is 0.433 e. The molecule has 0 bridgehead atoms. The topological polar surface area (TPSA) is 47.0 Å². The van der Waals surface area contributed by atoms with E-state index in [1.54, 1.807) is 0 Å². The molecular weight excluding hydrogens is 309 g/mol. The van der Waals surface area contributed by atoms with E-state index in [2.05, 4.69) is 20.0 Å². The van der Waals surface area contributed by atoms with Crippen LogP contribution in [0.25, 0.3) is 0 Å². The maximum absolute atomic E-state index is 12.8. The minimum atomic E-state index is -4.53. The highest BCUT2D eigenvalue weighted by Crippen LogP contribution is 2.33. The van der Waals surface area contributed by atoms with Crippen LogP contribution in [0.2, 0.25) is 0 Å². The lowest BCUT2D eigenvalue weighted by molar-refractivity contribution is -0.137. The highest BCUT2D eigenvalue weighted by atomic mass is 19.4. The third-order valence-electron chi connectivity index (χ3n) is 2.57. The minimum Gasteiger partial charge on any atom is -0.433 e. The molecule has 0 atom stereocenters. The Hall–Kier alpha value is -2.45. The van der Waals surface area contributed by atoms with Gasteiger partial charge in [0.15, 0.2) is 0 Å². The number of halogens is 5. The summed E-state index contributed by atoms with van der Waals surface area (Å²) < 4.78 is 66.4. The van der Waals surface area contributed by atoms with Gasteiger partial charge in [0.05, 0.1) is 24.0 Å². The van der Waals surface area contributed by atoms with Gasteiger partial charge in [0, 0.05) is 6.20 Å². The van der Waals surface area contributed by atoms with Crippen LogP contribution >= 0.6 is 0 Å². The minimum absolute atomic E-state index is 0.0466. The number of nitrogens with one attached hydrogen (secondary N) is 1. The van der Waals surface area contributed by atoms with E-state index in [1.165, 1.54) is 24.4 Å². The van der Waals surface area contributed by atoms with Crippen LogP contribution in [0.15, 0.2) is 36.7 Å². The van der Waals surface area contributed by atoms with Crippen molar-refractivity contribution in [1.82, 2.24) is 9.97 Å². The SMILES string of the molecule is FC(F)Oc1ccc(CNc2ncccc2C(F)(F)F)nc1. The van der Waals surface area contributed by atoms with Gasteiger partial charge in [-0.15, -0.1) is 0 Å². The Kier molecular flexibility index (Phi) is 4.74. The number of rotatable bonds is 5. The van der Waals surface area contributed by atoms with E-state index in [1.807, 2.05) is 0 Å².